The predicted octanol–water partition coefficient (Wildman–Crippen LogP) is 3.95. The first-order chi connectivity index (χ1) is 8.20. The standard InChI is InChI=1S/C13H12ClFN2/c1-16-11-6-10(7-2-3-7)17-13-8(11)4-5-9(14)12(13)15/h4-7H,2-3H2,1H3,(H,16,17). The van der Waals surface area contributed by atoms with Crippen LogP contribution in [0.1, 0.15) is 24.5 Å². The van der Waals surface area contributed by atoms with E-state index in [4.69, 9.17) is 11.6 Å². The van der Waals surface area contributed by atoms with Gasteiger partial charge in [-0.2, -0.15) is 0 Å². The molecule has 88 valence electrons. The Hall–Kier alpha value is -1.35. The molecule has 0 radical (unpaired) electrons. The van der Waals surface area contributed by atoms with Crippen LogP contribution in [0.3, 0.4) is 0 Å². The van der Waals surface area contributed by atoms with Crippen molar-refractivity contribution in [2.75, 3.05) is 12.4 Å². The van der Waals surface area contributed by atoms with Crippen LogP contribution in [0.5, 0.6) is 0 Å². The van der Waals surface area contributed by atoms with Gasteiger partial charge in [-0.25, -0.2) is 9.37 Å². The first-order valence-electron chi connectivity index (χ1n) is 5.67. The number of nitrogens with zero attached hydrogens (tertiary/aromatic N) is 1. The zero-order valence-corrected chi connectivity index (χ0v) is 10.2. The minimum absolute atomic E-state index is 0.125. The Morgan fingerprint density at radius 3 is 2.82 bits per heavy atom. The van der Waals surface area contributed by atoms with E-state index in [1.807, 2.05) is 13.1 Å². The highest BCUT2D eigenvalue weighted by Crippen LogP contribution is 2.41. The molecule has 2 aromatic rings. The summed E-state index contributed by atoms with van der Waals surface area (Å²) >= 11 is 5.80. The average Bonchev–Trinajstić information content (AvgIpc) is 3.17. The lowest BCUT2D eigenvalue weighted by molar-refractivity contribution is 0.636. The van der Waals surface area contributed by atoms with Gasteiger partial charge >= 0.3 is 0 Å². The maximum Gasteiger partial charge on any atom is 0.168 e. The monoisotopic (exact) mass is 250 g/mol. The molecule has 2 nitrogen and oxygen atoms in total. The summed E-state index contributed by atoms with van der Waals surface area (Å²) in [7, 11) is 1.83. The Balaban J connectivity index is 2.32. The van der Waals surface area contributed by atoms with E-state index < -0.39 is 5.82 Å². The third-order valence-corrected chi connectivity index (χ3v) is 3.45. The minimum Gasteiger partial charge on any atom is -0.388 e. The van der Waals surface area contributed by atoms with Crippen LogP contribution in [0.4, 0.5) is 10.1 Å². The first kappa shape index (κ1) is 10.8. The van der Waals surface area contributed by atoms with E-state index in [1.165, 1.54) is 0 Å². The molecule has 0 spiro atoms. The summed E-state index contributed by atoms with van der Waals surface area (Å²) in [5.41, 5.74) is 2.24. The van der Waals surface area contributed by atoms with Gasteiger partial charge in [0.1, 0.15) is 5.52 Å². The molecule has 0 bridgehead atoms. The number of aromatic nitrogens is 1. The summed E-state index contributed by atoms with van der Waals surface area (Å²) in [4.78, 5) is 4.41. The van der Waals surface area contributed by atoms with Gasteiger partial charge < -0.3 is 5.32 Å². The zero-order valence-electron chi connectivity index (χ0n) is 9.43. The molecule has 1 aliphatic rings. The molecule has 0 saturated heterocycles. The molecule has 17 heavy (non-hydrogen) atoms. The highest BCUT2D eigenvalue weighted by Gasteiger charge is 2.26. The predicted molar refractivity (Wildman–Crippen MR) is 68.2 cm³/mol. The largest absolute Gasteiger partial charge is 0.388 e. The summed E-state index contributed by atoms with van der Waals surface area (Å²) < 4.78 is 14.0. The normalized spacial score (nSPS) is 15.2. The van der Waals surface area contributed by atoms with E-state index in [0.717, 1.165) is 29.6 Å². The Morgan fingerprint density at radius 2 is 2.18 bits per heavy atom. The summed E-state index contributed by atoms with van der Waals surface area (Å²) in [6.45, 7) is 0. The summed E-state index contributed by atoms with van der Waals surface area (Å²) in [6.07, 6.45) is 2.29. The lowest BCUT2D eigenvalue weighted by Gasteiger charge is -2.09. The van der Waals surface area contributed by atoms with Gasteiger partial charge in [-0.1, -0.05) is 11.6 Å². The van der Waals surface area contributed by atoms with Crippen molar-refractivity contribution in [3.05, 3.63) is 34.7 Å². The molecule has 1 heterocycles. The van der Waals surface area contributed by atoms with E-state index in [-0.39, 0.29) is 5.02 Å². The second kappa shape index (κ2) is 3.84. The number of halogens is 2. The molecule has 1 aromatic carbocycles. The number of nitrogens with one attached hydrogen (secondary N) is 1. The molecule has 1 fully saturated rings. The number of hydrogen-bond acceptors (Lipinski definition) is 2. The van der Waals surface area contributed by atoms with Crippen molar-refractivity contribution in [1.29, 1.82) is 0 Å². The summed E-state index contributed by atoms with van der Waals surface area (Å²) in [5, 5.41) is 3.99. The van der Waals surface area contributed by atoms with Crippen molar-refractivity contribution in [2.24, 2.45) is 0 Å². The molecule has 0 unspecified atom stereocenters. The number of fused-ring (bicyclic) bond motifs is 1. The highest BCUT2D eigenvalue weighted by atomic mass is 35.5. The SMILES string of the molecule is CNc1cc(C2CC2)nc2c(F)c(Cl)ccc12. The second-order valence-corrected chi connectivity index (χ2v) is 4.78. The van der Waals surface area contributed by atoms with E-state index in [0.29, 0.717) is 11.4 Å². The van der Waals surface area contributed by atoms with Gasteiger partial charge in [-0.15, -0.1) is 0 Å². The van der Waals surface area contributed by atoms with E-state index in [9.17, 15) is 4.39 Å². The molecule has 0 amide bonds. The number of benzene rings is 1. The van der Waals surface area contributed by atoms with Crippen molar-refractivity contribution < 1.29 is 4.39 Å². The lowest BCUT2D eigenvalue weighted by atomic mass is 10.1. The molecule has 0 atom stereocenters. The van der Waals surface area contributed by atoms with Crippen molar-refractivity contribution >= 4 is 28.2 Å². The van der Waals surface area contributed by atoms with Crippen LogP contribution in [0.25, 0.3) is 10.9 Å². The first-order valence-corrected chi connectivity index (χ1v) is 6.05. The van der Waals surface area contributed by atoms with Crippen LogP contribution in [0.15, 0.2) is 18.2 Å². The van der Waals surface area contributed by atoms with Gasteiger partial charge in [0, 0.05) is 29.7 Å². The maximum absolute atomic E-state index is 14.0. The number of pyridine rings is 1. The molecule has 0 aliphatic heterocycles. The van der Waals surface area contributed by atoms with Gasteiger partial charge in [-0.05, 0) is 31.0 Å². The van der Waals surface area contributed by atoms with Crippen molar-refractivity contribution in [2.45, 2.75) is 18.8 Å². The fourth-order valence-electron chi connectivity index (χ4n) is 2.05. The van der Waals surface area contributed by atoms with Gasteiger partial charge in [0.15, 0.2) is 5.82 Å². The molecular formula is C13H12ClFN2. The number of rotatable bonds is 2. The molecular weight excluding hydrogens is 239 g/mol. The molecule has 3 rings (SSSR count). The number of anilines is 1. The fourth-order valence-corrected chi connectivity index (χ4v) is 2.20. The molecule has 1 N–H and O–H groups in total. The van der Waals surface area contributed by atoms with Crippen molar-refractivity contribution in [3.8, 4) is 0 Å². The zero-order chi connectivity index (χ0) is 12.0. The Kier molecular flexibility index (Phi) is 2.44. The van der Waals surface area contributed by atoms with Gasteiger partial charge in [-0.3, -0.25) is 0 Å². The minimum atomic E-state index is -0.428. The van der Waals surface area contributed by atoms with Crippen LogP contribution in [0, 0.1) is 5.82 Å². The third-order valence-electron chi connectivity index (χ3n) is 3.16. The Morgan fingerprint density at radius 1 is 1.41 bits per heavy atom. The molecule has 4 heteroatoms. The number of hydrogen-bond donors (Lipinski definition) is 1. The van der Waals surface area contributed by atoms with Crippen molar-refractivity contribution in [3.63, 3.8) is 0 Å². The van der Waals surface area contributed by atoms with Crippen LogP contribution in [-0.2, 0) is 0 Å². The fraction of sp³-hybridized carbons (Fsp3) is 0.308. The van der Waals surface area contributed by atoms with Crippen LogP contribution in [-0.4, -0.2) is 12.0 Å². The Bertz CT molecular complexity index is 593. The van der Waals surface area contributed by atoms with Gasteiger partial charge in [0.25, 0.3) is 0 Å². The van der Waals surface area contributed by atoms with E-state index >= 15 is 0 Å². The molecule has 1 aliphatic carbocycles. The average molecular weight is 251 g/mol. The topological polar surface area (TPSA) is 24.9 Å². The van der Waals surface area contributed by atoms with Crippen molar-refractivity contribution in [1.82, 2.24) is 4.98 Å². The van der Waals surface area contributed by atoms with Crippen LogP contribution < -0.4 is 5.32 Å². The maximum atomic E-state index is 14.0. The molecule has 1 aromatic heterocycles. The van der Waals surface area contributed by atoms with E-state index in [2.05, 4.69) is 10.3 Å². The van der Waals surface area contributed by atoms with E-state index in [1.54, 1.807) is 12.1 Å². The van der Waals surface area contributed by atoms with Crippen LogP contribution in [0.2, 0.25) is 5.02 Å². The summed E-state index contributed by atoms with van der Waals surface area (Å²) in [6, 6.07) is 5.38. The smallest absolute Gasteiger partial charge is 0.168 e. The van der Waals surface area contributed by atoms with Crippen LogP contribution >= 0.6 is 11.6 Å². The third kappa shape index (κ3) is 1.75. The second-order valence-electron chi connectivity index (χ2n) is 4.38. The van der Waals surface area contributed by atoms with Gasteiger partial charge in [0.2, 0.25) is 0 Å². The quantitative estimate of drug-likeness (QED) is 0.873. The summed E-state index contributed by atoms with van der Waals surface area (Å²) in [5.74, 6) is 0.0630. The Labute approximate surface area is 104 Å². The lowest BCUT2D eigenvalue weighted by Crippen LogP contribution is -1.97. The molecule has 1 saturated carbocycles. The highest BCUT2D eigenvalue weighted by molar-refractivity contribution is 6.31. The van der Waals surface area contributed by atoms with Gasteiger partial charge in [0.05, 0.1) is 5.02 Å².